The summed E-state index contributed by atoms with van der Waals surface area (Å²) < 4.78 is 67.4. The van der Waals surface area contributed by atoms with Gasteiger partial charge >= 0.3 is 6.18 Å². The molecular weight excluding hydrogens is 397 g/mol. The van der Waals surface area contributed by atoms with Gasteiger partial charge < -0.3 is 10.1 Å². The number of benzene rings is 2. The summed E-state index contributed by atoms with van der Waals surface area (Å²) in [6, 6.07) is 13.9. The molecule has 0 radical (unpaired) electrons. The number of hydrogen-bond donors (Lipinski definition) is 1. The average Bonchev–Trinajstić information content (AvgIpc) is 2.66. The fourth-order valence-electron chi connectivity index (χ4n) is 2.32. The second kappa shape index (κ2) is 9.07. The fraction of sp³-hybridized carbons (Fsp3) is 0.278. The molecule has 28 heavy (non-hydrogen) atoms. The Balaban J connectivity index is 2.12. The number of halogens is 3. The molecule has 0 atom stereocenters. The van der Waals surface area contributed by atoms with Gasteiger partial charge in [0.05, 0.1) is 17.9 Å². The first-order chi connectivity index (χ1) is 13.1. The Labute approximate surface area is 161 Å². The number of sulfonamides is 1. The second-order valence-corrected chi connectivity index (χ2v) is 7.67. The highest BCUT2D eigenvalue weighted by Gasteiger charge is 2.28. The summed E-state index contributed by atoms with van der Waals surface area (Å²) in [6.45, 7) is -1.97. The monoisotopic (exact) mass is 416 g/mol. The number of alkyl halides is 3. The predicted octanol–water partition coefficient (Wildman–Crippen LogP) is 2.82. The zero-order valence-electron chi connectivity index (χ0n) is 14.9. The van der Waals surface area contributed by atoms with Crippen molar-refractivity contribution < 1.29 is 31.1 Å². The van der Waals surface area contributed by atoms with Crippen molar-refractivity contribution in [3.8, 4) is 0 Å². The van der Waals surface area contributed by atoms with Gasteiger partial charge in [-0.05, 0) is 24.3 Å². The van der Waals surface area contributed by atoms with Gasteiger partial charge in [0.2, 0.25) is 0 Å². The maximum Gasteiger partial charge on any atom is 0.411 e. The standard InChI is InChI=1S/C18H19F3N2O4S/c1-23(14-7-3-2-4-8-14)28(25,26)16-10-6-5-9-15(16)17(24)22-11-12-27-13-18(19,20)21/h2-10H,11-13H2,1H3,(H,22,24). The number of amides is 1. The van der Waals surface area contributed by atoms with Crippen LogP contribution in [0, 0.1) is 0 Å². The molecule has 152 valence electrons. The average molecular weight is 416 g/mol. The van der Waals surface area contributed by atoms with Crippen molar-refractivity contribution in [2.45, 2.75) is 11.1 Å². The molecule has 1 N–H and O–H groups in total. The van der Waals surface area contributed by atoms with Gasteiger partial charge in [-0.2, -0.15) is 13.2 Å². The molecule has 0 aromatic heterocycles. The molecule has 0 aliphatic carbocycles. The van der Waals surface area contributed by atoms with Gasteiger partial charge in [0, 0.05) is 13.6 Å². The Morgan fingerprint density at radius 1 is 1.07 bits per heavy atom. The highest BCUT2D eigenvalue weighted by Crippen LogP contribution is 2.24. The smallest absolute Gasteiger partial charge is 0.370 e. The lowest BCUT2D eigenvalue weighted by atomic mass is 10.2. The van der Waals surface area contributed by atoms with E-state index in [1.165, 1.54) is 31.3 Å². The Kier molecular flexibility index (Phi) is 7.03. The van der Waals surface area contributed by atoms with Crippen LogP contribution in [0.25, 0.3) is 0 Å². The van der Waals surface area contributed by atoms with E-state index in [9.17, 15) is 26.4 Å². The van der Waals surface area contributed by atoms with Gasteiger partial charge in [-0.1, -0.05) is 30.3 Å². The lowest BCUT2D eigenvalue weighted by molar-refractivity contribution is -0.173. The normalized spacial score (nSPS) is 11.9. The molecular formula is C18H19F3N2O4S. The molecule has 6 nitrogen and oxygen atoms in total. The minimum absolute atomic E-state index is 0.110. The van der Waals surface area contributed by atoms with Gasteiger partial charge in [0.15, 0.2) is 0 Å². The van der Waals surface area contributed by atoms with Crippen LogP contribution in [0.3, 0.4) is 0 Å². The third-order valence-electron chi connectivity index (χ3n) is 3.69. The van der Waals surface area contributed by atoms with Gasteiger partial charge in [-0.25, -0.2) is 8.42 Å². The number of ether oxygens (including phenoxy) is 1. The summed E-state index contributed by atoms with van der Waals surface area (Å²) in [5.74, 6) is -0.726. The highest BCUT2D eigenvalue weighted by molar-refractivity contribution is 7.92. The quantitative estimate of drug-likeness (QED) is 0.672. The zero-order valence-corrected chi connectivity index (χ0v) is 15.8. The van der Waals surface area contributed by atoms with Crippen LogP contribution in [-0.2, 0) is 14.8 Å². The van der Waals surface area contributed by atoms with Crippen molar-refractivity contribution in [3.05, 3.63) is 60.2 Å². The van der Waals surface area contributed by atoms with Gasteiger partial charge in [-0.3, -0.25) is 9.10 Å². The third-order valence-corrected chi connectivity index (χ3v) is 5.53. The van der Waals surface area contributed by atoms with Gasteiger partial charge in [0.1, 0.15) is 11.5 Å². The molecule has 0 saturated carbocycles. The largest absolute Gasteiger partial charge is 0.411 e. The molecule has 0 aliphatic rings. The fourth-order valence-corrected chi connectivity index (χ4v) is 3.71. The highest BCUT2D eigenvalue weighted by atomic mass is 32.2. The molecule has 2 rings (SSSR count). The molecule has 0 heterocycles. The topological polar surface area (TPSA) is 75.7 Å². The molecule has 0 bridgehead atoms. The summed E-state index contributed by atoms with van der Waals surface area (Å²) in [4.78, 5) is 12.1. The summed E-state index contributed by atoms with van der Waals surface area (Å²) in [7, 11) is -2.66. The van der Waals surface area contributed by atoms with E-state index in [0.717, 1.165) is 4.31 Å². The van der Waals surface area contributed by atoms with Crippen molar-refractivity contribution in [2.75, 3.05) is 31.1 Å². The lowest BCUT2D eigenvalue weighted by Gasteiger charge is -2.21. The van der Waals surface area contributed by atoms with Crippen molar-refractivity contribution in [2.24, 2.45) is 0 Å². The van der Waals surface area contributed by atoms with Crippen LogP contribution < -0.4 is 9.62 Å². The molecule has 2 aromatic rings. The Morgan fingerprint density at radius 3 is 2.32 bits per heavy atom. The van der Waals surface area contributed by atoms with Crippen molar-refractivity contribution in [3.63, 3.8) is 0 Å². The predicted molar refractivity (Wildman–Crippen MR) is 97.7 cm³/mol. The first-order valence-electron chi connectivity index (χ1n) is 8.18. The Bertz CT molecular complexity index is 903. The number of para-hydroxylation sites is 1. The molecule has 0 fully saturated rings. The van der Waals surface area contributed by atoms with E-state index in [4.69, 9.17) is 0 Å². The number of carbonyl (C=O) groups is 1. The SMILES string of the molecule is CN(c1ccccc1)S(=O)(=O)c1ccccc1C(=O)NCCOCC(F)(F)F. The van der Waals surface area contributed by atoms with Crippen LogP contribution in [0.1, 0.15) is 10.4 Å². The Morgan fingerprint density at radius 2 is 1.68 bits per heavy atom. The molecule has 0 aliphatic heterocycles. The van der Waals surface area contributed by atoms with E-state index < -0.39 is 28.7 Å². The number of anilines is 1. The van der Waals surface area contributed by atoms with Crippen LogP contribution in [0.4, 0.5) is 18.9 Å². The van der Waals surface area contributed by atoms with Gasteiger partial charge in [0.25, 0.3) is 15.9 Å². The maximum atomic E-state index is 12.9. The number of hydrogen-bond acceptors (Lipinski definition) is 4. The van der Waals surface area contributed by atoms with E-state index in [1.807, 2.05) is 0 Å². The summed E-state index contributed by atoms with van der Waals surface area (Å²) in [5.41, 5.74) is 0.305. The number of nitrogens with zero attached hydrogens (tertiary/aromatic N) is 1. The van der Waals surface area contributed by atoms with Crippen LogP contribution in [0.2, 0.25) is 0 Å². The molecule has 0 spiro atoms. The summed E-state index contributed by atoms with van der Waals surface area (Å²) >= 11 is 0. The van der Waals surface area contributed by atoms with Crippen LogP contribution >= 0.6 is 0 Å². The molecule has 2 aromatic carbocycles. The molecule has 0 saturated heterocycles. The van der Waals surface area contributed by atoms with E-state index in [1.54, 1.807) is 30.3 Å². The minimum Gasteiger partial charge on any atom is -0.370 e. The van der Waals surface area contributed by atoms with E-state index in [0.29, 0.717) is 5.69 Å². The van der Waals surface area contributed by atoms with E-state index in [-0.39, 0.29) is 23.6 Å². The lowest BCUT2D eigenvalue weighted by Crippen LogP contribution is -2.32. The van der Waals surface area contributed by atoms with Gasteiger partial charge in [-0.15, -0.1) is 0 Å². The third kappa shape index (κ3) is 5.70. The number of rotatable bonds is 8. The maximum absolute atomic E-state index is 12.9. The first kappa shape index (κ1) is 21.7. The molecule has 1 amide bonds. The van der Waals surface area contributed by atoms with E-state index >= 15 is 0 Å². The van der Waals surface area contributed by atoms with Crippen molar-refractivity contribution in [1.82, 2.24) is 5.32 Å². The number of nitrogens with one attached hydrogen (secondary N) is 1. The van der Waals surface area contributed by atoms with Crippen LogP contribution in [0.15, 0.2) is 59.5 Å². The minimum atomic E-state index is -4.45. The van der Waals surface area contributed by atoms with E-state index in [2.05, 4.69) is 10.1 Å². The second-order valence-electron chi connectivity index (χ2n) is 5.73. The summed E-state index contributed by atoms with van der Waals surface area (Å²) in [6.07, 6.45) is -4.45. The Hall–Kier alpha value is -2.59. The first-order valence-corrected chi connectivity index (χ1v) is 9.62. The van der Waals surface area contributed by atoms with Crippen LogP contribution in [-0.4, -0.2) is 47.3 Å². The summed E-state index contributed by atoms with van der Waals surface area (Å²) in [5, 5.41) is 2.36. The zero-order chi connectivity index (χ0) is 20.8. The molecule has 0 unspecified atom stereocenters. The number of carbonyl (C=O) groups excluding carboxylic acids is 1. The van der Waals surface area contributed by atoms with Crippen molar-refractivity contribution >= 4 is 21.6 Å². The van der Waals surface area contributed by atoms with Crippen molar-refractivity contribution in [1.29, 1.82) is 0 Å². The van der Waals surface area contributed by atoms with Crippen LogP contribution in [0.5, 0.6) is 0 Å². The molecule has 10 heteroatoms.